The van der Waals surface area contributed by atoms with Crippen LogP contribution < -0.4 is 0 Å². The first kappa shape index (κ1) is 14.1. The SMILES string of the molecule is CCOC(=O)[C@H]1c2ccccc2C(=O)N1C1CCOCC1. The number of fused-ring (bicyclic) bond motifs is 1. The number of carbonyl (C=O) groups excluding carboxylic acids is 2. The van der Waals surface area contributed by atoms with E-state index in [1.165, 1.54) is 0 Å². The van der Waals surface area contributed by atoms with Crippen molar-refractivity contribution in [3.05, 3.63) is 35.4 Å². The van der Waals surface area contributed by atoms with Gasteiger partial charge in [0.2, 0.25) is 0 Å². The van der Waals surface area contributed by atoms with E-state index in [0.29, 0.717) is 25.4 Å². The van der Waals surface area contributed by atoms with Crippen molar-refractivity contribution in [2.24, 2.45) is 0 Å². The van der Waals surface area contributed by atoms with Crippen molar-refractivity contribution in [2.75, 3.05) is 19.8 Å². The number of ether oxygens (including phenoxy) is 2. The van der Waals surface area contributed by atoms with Crippen LogP contribution in [0.2, 0.25) is 0 Å². The monoisotopic (exact) mass is 289 g/mol. The molecule has 0 aromatic heterocycles. The Hall–Kier alpha value is -1.88. The van der Waals surface area contributed by atoms with E-state index in [2.05, 4.69) is 0 Å². The van der Waals surface area contributed by atoms with Gasteiger partial charge in [-0.3, -0.25) is 4.79 Å². The minimum Gasteiger partial charge on any atom is -0.464 e. The van der Waals surface area contributed by atoms with Crippen molar-refractivity contribution < 1.29 is 19.1 Å². The molecule has 1 amide bonds. The van der Waals surface area contributed by atoms with Crippen molar-refractivity contribution in [3.8, 4) is 0 Å². The lowest BCUT2D eigenvalue weighted by atomic mass is 10.0. The van der Waals surface area contributed by atoms with Gasteiger partial charge in [0, 0.05) is 24.8 Å². The van der Waals surface area contributed by atoms with Gasteiger partial charge < -0.3 is 14.4 Å². The van der Waals surface area contributed by atoms with Crippen LogP contribution in [0.5, 0.6) is 0 Å². The number of rotatable bonds is 3. The van der Waals surface area contributed by atoms with Gasteiger partial charge in [0.25, 0.3) is 5.91 Å². The Morgan fingerprint density at radius 2 is 2.05 bits per heavy atom. The number of esters is 1. The highest BCUT2D eigenvalue weighted by atomic mass is 16.5. The molecule has 2 aliphatic rings. The van der Waals surface area contributed by atoms with E-state index in [9.17, 15) is 9.59 Å². The first-order valence-corrected chi connectivity index (χ1v) is 7.40. The number of amides is 1. The standard InChI is InChI=1S/C16H19NO4/c1-2-21-16(19)14-12-5-3-4-6-13(12)15(18)17(14)11-7-9-20-10-8-11/h3-6,11,14H,2,7-10H2,1H3/t14-/m1/s1. The second-order valence-corrected chi connectivity index (χ2v) is 5.30. The quantitative estimate of drug-likeness (QED) is 0.798. The first-order valence-electron chi connectivity index (χ1n) is 7.40. The second-order valence-electron chi connectivity index (χ2n) is 5.30. The Balaban J connectivity index is 1.97. The van der Waals surface area contributed by atoms with Crippen LogP contribution >= 0.6 is 0 Å². The third kappa shape index (κ3) is 2.42. The van der Waals surface area contributed by atoms with Crippen LogP contribution in [0.25, 0.3) is 0 Å². The summed E-state index contributed by atoms with van der Waals surface area (Å²) in [6, 6.07) is 6.72. The summed E-state index contributed by atoms with van der Waals surface area (Å²) in [5.41, 5.74) is 1.37. The zero-order chi connectivity index (χ0) is 14.8. The fourth-order valence-electron chi connectivity index (χ4n) is 3.14. The maximum atomic E-state index is 12.7. The predicted octanol–water partition coefficient (Wildman–Crippen LogP) is 1.93. The Bertz CT molecular complexity index is 551. The molecule has 2 aliphatic heterocycles. The van der Waals surface area contributed by atoms with E-state index in [4.69, 9.17) is 9.47 Å². The molecule has 21 heavy (non-hydrogen) atoms. The molecule has 1 aromatic carbocycles. The number of hydrogen-bond donors (Lipinski definition) is 0. The summed E-state index contributed by atoms with van der Waals surface area (Å²) in [6.07, 6.45) is 1.52. The average Bonchev–Trinajstić information content (AvgIpc) is 2.82. The zero-order valence-corrected chi connectivity index (χ0v) is 12.1. The zero-order valence-electron chi connectivity index (χ0n) is 12.1. The Kier molecular flexibility index (Phi) is 3.92. The summed E-state index contributed by atoms with van der Waals surface area (Å²) < 4.78 is 10.5. The highest BCUT2D eigenvalue weighted by Gasteiger charge is 2.45. The van der Waals surface area contributed by atoms with Gasteiger partial charge in [-0.05, 0) is 31.4 Å². The third-order valence-electron chi connectivity index (χ3n) is 4.09. The molecule has 5 heteroatoms. The van der Waals surface area contributed by atoms with Crippen LogP contribution in [0.15, 0.2) is 24.3 Å². The molecule has 1 aromatic rings. The topological polar surface area (TPSA) is 55.8 Å². The molecule has 5 nitrogen and oxygen atoms in total. The smallest absolute Gasteiger partial charge is 0.333 e. The van der Waals surface area contributed by atoms with Gasteiger partial charge in [0.15, 0.2) is 6.04 Å². The fraction of sp³-hybridized carbons (Fsp3) is 0.500. The fourth-order valence-corrected chi connectivity index (χ4v) is 3.14. The van der Waals surface area contributed by atoms with Crippen molar-refractivity contribution in [1.29, 1.82) is 0 Å². The van der Waals surface area contributed by atoms with Crippen LogP contribution in [-0.2, 0) is 14.3 Å². The molecule has 0 spiro atoms. The van der Waals surface area contributed by atoms with Crippen LogP contribution in [-0.4, -0.2) is 42.6 Å². The molecule has 0 radical (unpaired) electrons. The van der Waals surface area contributed by atoms with Gasteiger partial charge in [0.05, 0.1) is 6.61 Å². The van der Waals surface area contributed by atoms with Crippen molar-refractivity contribution >= 4 is 11.9 Å². The van der Waals surface area contributed by atoms with E-state index in [-0.39, 0.29) is 17.9 Å². The van der Waals surface area contributed by atoms with Crippen LogP contribution in [0.3, 0.4) is 0 Å². The predicted molar refractivity (Wildman–Crippen MR) is 75.8 cm³/mol. The summed E-state index contributed by atoms with van der Waals surface area (Å²) in [5, 5.41) is 0. The summed E-state index contributed by atoms with van der Waals surface area (Å²) in [4.78, 5) is 26.8. The van der Waals surface area contributed by atoms with Crippen LogP contribution in [0.1, 0.15) is 41.7 Å². The largest absolute Gasteiger partial charge is 0.464 e. The first-order chi connectivity index (χ1) is 10.2. The molecular formula is C16H19NO4. The van der Waals surface area contributed by atoms with E-state index in [1.807, 2.05) is 18.2 Å². The second kappa shape index (κ2) is 5.85. The summed E-state index contributed by atoms with van der Waals surface area (Å²) in [6.45, 7) is 3.34. The Morgan fingerprint density at radius 1 is 1.33 bits per heavy atom. The molecule has 1 atom stereocenters. The molecule has 0 bridgehead atoms. The summed E-state index contributed by atoms with van der Waals surface area (Å²) in [5.74, 6) is -0.419. The number of carbonyl (C=O) groups is 2. The minimum atomic E-state index is -0.614. The van der Waals surface area contributed by atoms with Gasteiger partial charge in [-0.15, -0.1) is 0 Å². The molecule has 2 heterocycles. The van der Waals surface area contributed by atoms with Crippen LogP contribution in [0.4, 0.5) is 0 Å². The molecule has 0 saturated carbocycles. The average molecular weight is 289 g/mol. The lowest BCUT2D eigenvalue weighted by Gasteiger charge is -2.34. The summed E-state index contributed by atoms with van der Waals surface area (Å²) >= 11 is 0. The minimum absolute atomic E-state index is 0.0352. The Labute approximate surface area is 123 Å². The highest BCUT2D eigenvalue weighted by Crippen LogP contribution is 2.38. The number of hydrogen-bond acceptors (Lipinski definition) is 4. The Morgan fingerprint density at radius 3 is 2.76 bits per heavy atom. The van der Waals surface area contributed by atoms with Crippen molar-refractivity contribution in [1.82, 2.24) is 4.90 Å². The van der Waals surface area contributed by atoms with Gasteiger partial charge in [0.1, 0.15) is 0 Å². The number of nitrogens with zero attached hydrogens (tertiary/aromatic N) is 1. The maximum Gasteiger partial charge on any atom is 0.333 e. The van der Waals surface area contributed by atoms with Gasteiger partial charge in [-0.2, -0.15) is 0 Å². The summed E-state index contributed by atoms with van der Waals surface area (Å²) in [7, 11) is 0. The molecule has 0 N–H and O–H groups in total. The lowest BCUT2D eigenvalue weighted by Crippen LogP contribution is -2.44. The lowest BCUT2D eigenvalue weighted by molar-refractivity contribution is -0.149. The van der Waals surface area contributed by atoms with Gasteiger partial charge in [-0.25, -0.2) is 4.79 Å². The molecule has 0 aliphatic carbocycles. The van der Waals surface area contributed by atoms with E-state index in [0.717, 1.165) is 18.4 Å². The molecule has 112 valence electrons. The van der Waals surface area contributed by atoms with Crippen molar-refractivity contribution in [3.63, 3.8) is 0 Å². The van der Waals surface area contributed by atoms with Gasteiger partial charge in [-0.1, -0.05) is 18.2 Å². The van der Waals surface area contributed by atoms with E-state index < -0.39 is 6.04 Å². The molecule has 3 rings (SSSR count). The molecular weight excluding hydrogens is 270 g/mol. The number of benzene rings is 1. The molecule has 1 fully saturated rings. The molecule has 0 unspecified atom stereocenters. The van der Waals surface area contributed by atoms with E-state index in [1.54, 1.807) is 17.9 Å². The van der Waals surface area contributed by atoms with Crippen LogP contribution in [0, 0.1) is 0 Å². The highest BCUT2D eigenvalue weighted by molar-refractivity contribution is 6.04. The van der Waals surface area contributed by atoms with E-state index >= 15 is 0 Å². The van der Waals surface area contributed by atoms with Gasteiger partial charge >= 0.3 is 5.97 Å². The molecule has 1 saturated heterocycles. The van der Waals surface area contributed by atoms with Crippen molar-refractivity contribution in [2.45, 2.75) is 31.8 Å². The normalized spacial score (nSPS) is 22.2. The maximum absolute atomic E-state index is 12.7. The third-order valence-corrected chi connectivity index (χ3v) is 4.09.